The molecule has 196 valence electrons. The summed E-state index contributed by atoms with van der Waals surface area (Å²) in [4.78, 5) is 27.9. The van der Waals surface area contributed by atoms with Gasteiger partial charge in [0.25, 0.3) is 0 Å². The molecule has 4 unspecified atom stereocenters. The van der Waals surface area contributed by atoms with Gasteiger partial charge in [0, 0.05) is 31.4 Å². The minimum atomic E-state index is -0.609. The van der Waals surface area contributed by atoms with Crippen LogP contribution in [0.1, 0.15) is 64.1 Å². The number of amides is 2. The quantitative estimate of drug-likeness (QED) is 0.514. The molecule has 8 nitrogen and oxygen atoms in total. The minimum absolute atomic E-state index is 0.0223. The van der Waals surface area contributed by atoms with Crippen LogP contribution in [0.3, 0.4) is 0 Å². The van der Waals surface area contributed by atoms with E-state index >= 15 is 0 Å². The highest BCUT2D eigenvalue weighted by Crippen LogP contribution is 2.42. The van der Waals surface area contributed by atoms with Crippen molar-refractivity contribution < 1.29 is 23.8 Å². The molecule has 2 heterocycles. The van der Waals surface area contributed by atoms with Gasteiger partial charge in [0.05, 0.1) is 26.3 Å². The Bertz CT molecular complexity index is 904. The molecule has 35 heavy (non-hydrogen) atoms. The number of nitrogens with zero attached hydrogens (tertiary/aromatic N) is 1. The zero-order valence-electron chi connectivity index (χ0n) is 21.8. The van der Waals surface area contributed by atoms with E-state index in [1.807, 2.05) is 39.8 Å². The minimum Gasteiger partial charge on any atom is -0.493 e. The number of fused-ring (bicyclic) bond motifs is 3. The number of benzene rings is 1. The van der Waals surface area contributed by atoms with E-state index in [9.17, 15) is 9.59 Å². The molecule has 0 spiro atoms. The fraction of sp³-hybridized carbons (Fsp3) is 0.692. The first-order chi connectivity index (χ1) is 16.5. The Balaban J connectivity index is 1.83. The molecule has 3 rings (SSSR count). The Labute approximate surface area is 214 Å². The number of rotatable bonds is 8. The number of methoxy groups -OCH3 is 2. The third-order valence-electron chi connectivity index (χ3n) is 6.69. The highest BCUT2D eigenvalue weighted by Gasteiger charge is 2.41. The third kappa shape index (κ3) is 7.17. The van der Waals surface area contributed by atoms with Crippen molar-refractivity contribution >= 4 is 23.6 Å². The molecular weight excluding hydrogens is 470 g/mol. The number of alkyl carbamates (subject to hydrolysis) is 1. The van der Waals surface area contributed by atoms with Crippen molar-refractivity contribution in [2.24, 2.45) is 5.92 Å². The molecule has 2 N–H and O–H groups in total. The number of carbonyl (C=O) groups is 2. The lowest BCUT2D eigenvalue weighted by molar-refractivity contribution is -0.123. The normalized spacial score (nSPS) is 22.9. The molecule has 0 aliphatic carbocycles. The zero-order chi connectivity index (χ0) is 25.8. The van der Waals surface area contributed by atoms with Crippen molar-refractivity contribution in [2.75, 3.05) is 33.2 Å². The molecule has 2 aliphatic rings. The number of nitrogens with one attached hydrogen (secondary N) is 2. The first-order valence-corrected chi connectivity index (χ1v) is 12.9. The predicted molar refractivity (Wildman–Crippen MR) is 136 cm³/mol. The molecule has 0 bridgehead atoms. The molecule has 2 aliphatic heterocycles. The number of hydrogen-bond donors (Lipinski definition) is 2. The van der Waals surface area contributed by atoms with Crippen LogP contribution in [0.25, 0.3) is 0 Å². The molecule has 1 fully saturated rings. The maximum Gasteiger partial charge on any atom is 0.407 e. The second kappa shape index (κ2) is 11.7. The highest BCUT2D eigenvalue weighted by molar-refractivity contribution is 6.17. The van der Waals surface area contributed by atoms with Crippen LogP contribution in [0.2, 0.25) is 0 Å². The molecule has 2 amide bonds. The van der Waals surface area contributed by atoms with E-state index < -0.39 is 11.7 Å². The number of ether oxygens (including phenoxy) is 3. The molecule has 0 saturated carbocycles. The molecule has 1 saturated heterocycles. The van der Waals surface area contributed by atoms with Gasteiger partial charge < -0.3 is 24.8 Å². The van der Waals surface area contributed by atoms with E-state index in [1.165, 1.54) is 11.1 Å². The summed E-state index contributed by atoms with van der Waals surface area (Å²) in [6.07, 6.45) is 2.24. The van der Waals surface area contributed by atoms with Gasteiger partial charge in [0.15, 0.2) is 11.5 Å². The van der Waals surface area contributed by atoms with Crippen LogP contribution in [0.4, 0.5) is 4.79 Å². The highest BCUT2D eigenvalue weighted by atomic mass is 35.5. The van der Waals surface area contributed by atoms with E-state index in [1.54, 1.807) is 14.2 Å². The number of hydrogen-bond acceptors (Lipinski definition) is 6. The summed E-state index contributed by atoms with van der Waals surface area (Å²) < 4.78 is 16.6. The van der Waals surface area contributed by atoms with Crippen molar-refractivity contribution in [3.05, 3.63) is 23.3 Å². The maximum atomic E-state index is 12.8. The van der Waals surface area contributed by atoms with Gasteiger partial charge in [-0.3, -0.25) is 9.69 Å². The first kappa shape index (κ1) is 27.4. The fourth-order valence-electron chi connectivity index (χ4n) is 4.99. The van der Waals surface area contributed by atoms with Crippen molar-refractivity contribution in [3.63, 3.8) is 0 Å². The first-order valence-electron chi connectivity index (χ1n) is 12.4. The molecule has 0 aromatic heterocycles. The fourth-order valence-corrected chi connectivity index (χ4v) is 5.37. The Kier molecular flexibility index (Phi) is 9.16. The number of carbonyl (C=O) groups excluding carboxylic acids is 2. The molecule has 1 aromatic carbocycles. The van der Waals surface area contributed by atoms with Gasteiger partial charge in [-0.15, -0.1) is 11.6 Å². The summed E-state index contributed by atoms with van der Waals surface area (Å²) in [7, 11) is 3.28. The van der Waals surface area contributed by atoms with Gasteiger partial charge in [-0.2, -0.15) is 0 Å². The van der Waals surface area contributed by atoms with E-state index in [2.05, 4.69) is 15.5 Å². The predicted octanol–water partition coefficient (Wildman–Crippen LogP) is 4.04. The number of piperidine rings is 1. The SMILES string of the molecule is COc1cc2c(cc1OC)C1CC(NC(=O)OC(C)(C)C)C(NC(=O)CC(C)CCCl)CN1CC2. The Morgan fingerprint density at radius 2 is 1.83 bits per heavy atom. The molecule has 4 atom stereocenters. The molecular formula is C26H40ClN3O5. The lowest BCUT2D eigenvalue weighted by Crippen LogP contribution is -2.62. The van der Waals surface area contributed by atoms with Crippen LogP contribution in [0.15, 0.2) is 12.1 Å². The van der Waals surface area contributed by atoms with E-state index in [0.29, 0.717) is 31.0 Å². The average molecular weight is 510 g/mol. The van der Waals surface area contributed by atoms with Crippen LogP contribution < -0.4 is 20.1 Å². The van der Waals surface area contributed by atoms with Gasteiger partial charge in [0.2, 0.25) is 5.91 Å². The standard InChI is InChI=1S/C26H40ClN3O5/c1-16(7-9-27)11-24(31)28-20-15-30-10-8-17-12-22(33-5)23(34-6)13-18(17)21(30)14-19(20)29-25(32)35-26(2,3)4/h12-13,16,19-21H,7-11,14-15H2,1-6H3,(H,28,31)(H,29,32). The van der Waals surface area contributed by atoms with Gasteiger partial charge in [-0.25, -0.2) is 4.79 Å². The van der Waals surface area contributed by atoms with Crippen molar-refractivity contribution in [2.45, 2.75) is 77.1 Å². The second-order valence-electron chi connectivity index (χ2n) is 10.6. The third-order valence-corrected chi connectivity index (χ3v) is 6.91. The van der Waals surface area contributed by atoms with Gasteiger partial charge in [0.1, 0.15) is 5.60 Å². The van der Waals surface area contributed by atoms with Crippen LogP contribution in [0.5, 0.6) is 11.5 Å². The van der Waals surface area contributed by atoms with E-state index in [0.717, 1.165) is 25.1 Å². The van der Waals surface area contributed by atoms with Crippen LogP contribution in [-0.4, -0.2) is 67.8 Å². The average Bonchev–Trinajstić information content (AvgIpc) is 2.77. The Morgan fingerprint density at radius 3 is 2.46 bits per heavy atom. The molecule has 9 heteroatoms. The van der Waals surface area contributed by atoms with Gasteiger partial charge >= 0.3 is 6.09 Å². The van der Waals surface area contributed by atoms with E-state index in [4.69, 9.17) is 25.8 Å². The molecule has 1 aromatic rings. The largest absolute Gasteiger partial charge is 0.493 e. The lowest BCUT2D eigenvalue weighted by Gasteiger charge is -2.47. The number of halogens is 1. The van der Waals surface area contributed by atoms with Gasteiger partial charge in [-0.05, 0) is 69.2 Å². The summed E-state index contributed by atoms with van der Waals surface area (Å²) in [5.74, 6) is 2.11. The van der Waals surface area contributed by atoms with Crippen molar-refractivity contribution in [1.82, 2.24) is 15.5 Å². The summed E-state index contributed by atoms with van der Waals surface area (Å²) in [6.45, 7) is 9.03. The van der Waals surface area contributed by atoms with Crippen LogP contribution >= 0.6 is 11.6 Å². The summed E-state index contributed by atoms with van der Waals surface area (Å²) in [5, 5.41) is 6.23. The second-order valence-corrected chi connectivity index (χ2v) is 11.0. The number of alkyl halides is 1. The Hall–Kier alpha value is -2.19. The Morgan fingerprint density at radius 1 is 1.14 bits per heavy atom. The molecule has 0 radical (unpaired) electrons. The lowest BCUT2D eigenvalue weighted by atomic mass is 9.82. The summed E-state index contributed by atoms with van der Waals surface area (Å²) >= 11 is 5.85. The summed E-state index contributed by atoms with van der Waals surface area (Å²) in [5.41, 5.74) is 1.78. The van der Waals surface area contributed by atoms with Gasteiger partial charge in [-0.1, -0.05) is 6.92 Å². The maximum absolute atomic E-state index is 12.8. The smallest absolute Gasteiger partial charge is 0.407 e. The summed E-state index contributed by atoms with van der Waals surface area (Å²) in [6, 6.07) is 3.67. The van der Waals surface area contributed by atoms with Crippen molar-refractivity contribution in [1.29, 1.82) is 0 Å². The van der Waals surface area contributed by atoms with Crippen LogP contribution in [0, 0.1) is 5.92 Å². The van der Waals surface area contributed by atoms with Crippen molar-refractivity contribution in [3.8, 4) is 11.5 Å². The monoisotopic (exact) mass is 509 g/mol. The van der Waals surface area contributed by atoms with Crippen LogP contribution in [-0.2, 0) is 16.0 Å². The topological polar surface area (TPSA) is 89.1 Å². The van der Waals surface area contributed by atoms with E-state index in [-0.39, 0.29) is 30.0 Å². The zero-order valence-corrected chi connectivity index (χ0v) is 22.5.